The molecule has 4 bridgehead atoms. The Bertz CT molecular complexity index is 1080. The van der Waals surface area contributed by atoms with Crippen LogP contribution in [0.15, 0.2) is 12.2 Å². The lowest BCUT2D eigenvalue weighted by molar-refractivity contribution is -0.208. The van der Waals surface area contributed by atoms with Crippen molar-refractivity contribution >= 4 is 22.1 Å². The standard InChI is InChI=1S/C27H40F2O10S/c1-17(37-15-22(30)39-25(3)20-10-18-9-19(12-20)13-21(25)11-18)14-26(6-4-5-24(2,32)16-26)38-8-7-36-23(31)27(28,29)40(33,34)35/h4-5,17-21,32H,6-16H2,1-3H3,(H,33,34,35). The van der Waals surface area contributed by atoms with Gasteiger partial charge in [0.25, 0.3) is 0 Å². The molecule has 5 aliphatic carbocycles. The Hall–Kier alpha value is -1.67. The zero-order chi connectivity index (χ0) is 29.6. The maximum absolute atomic E-state index is 13.4. The van der Waals surface area contributed by atoms with Crippen molar-refractivity contribution in [1.29, 1.82) is 0 Å². The van der Waals surface area contributed by atoms with Crippen LogP contribution in [0.3, 0.4) is 0 Å². The SMILES string of the molecule is CC(CC1(OCCOC(=O)C(F)(F)S(=O)(=O)O)CC=CC(C)(O)C1)OCC(=O)OC1(C)C2CC3CC(C2)CC1C3. The summed E-state index contributed by atoms with van der Waals surface area (Å²) in [5.74, 6) is -0.614. The van der Waals surface area contributed by atoms with Gasteiger partial charge in [0.15, 0.2) is 0 Å². The summed E-state index contributed by atoms with van der Waals surface area (Å²) < 4.78 is 78.9. The monoisotopic (exact) mass is 594 g/mol. The minimum atomic E-state index is -5.98. The molecule has 0 amide bonds. The summed E-state index contributed by atoms with van der Waals surface area (Å²) in [6, 6.07) is 0. The quantitative estimate of drug-likeness (QED) is 0.149. The molecule has 0 aromatic rings. The first kappa shape index (κ1) is 31.3. The third kappa shape index (κ3) is 6.69. The average molecular weight is 595 g/mol. The molecule has 5 rings (SSSR count). The van der Waals surface area contributed by atoms with Crippen LogP contribution in [0.4, 0.5) is 8.78 Å². The van der Waals surface area contributed by atoms with Crippen LogP contribution in [0.5, 0.6) is 0 Å². The van der Waals surface area contributed by atoms with Gasteiger partial charge in [-0.1, -0.05) is 12.2 Å². The van der Waals surface area contributed by atoms with Gasteiger partial charge in [0.2, 0.25) is 0 Å². The maximum Gasteiger partial charge on any atom is 0.465 e. The van der Waals surface area contributed by atoms with E-state index in [4.69, 9.17) is 18.8 Å². The molecule has 5 aliphatic rings. The van der Waals surface area contributed by atoms with E-state index in [2.05, 4.69) is 11.7 Å². The lowest BCUT2D eigenvalue weighted by Gasteiger charge is -2.59. The molecule has 10 nitrogen and oxygen atoms in total. The molecule has 40 heavy (non-hydrogen) atoms. The fraction of sp³-hybridized carbons (Fsp3) is 0.852. The van der Waals surface area contributed by atoms with Gasteiger partial charge in [0, 0.05) is 12.8 Å². The molecule has 0 aromatic heterocycles. The number of rotatable bonds is 12. The third-order valence-corrected chi connectivity index (χ3v) is 9.99. The molecule has 3 atom stereocenters. The van der Waals surface area contributed by atoms with Crippen LogP contribution in [-0.4, -0.2) is 78.0 Å². The number of hydrogen-bond donors (Lipinski definition) is 2. The molecule has 0 spiro atoms. The first-order chi connectivity index (χ1) is 18.4. The van der Waals surface area contributed by atoms with Gasteiger partial charge in [-0.15, -0.1) is 0 Å². The summed E-state index contributed by atoms with van der Waals surface area (Å²) in [7, 11) is -5.98. The molecular weight excluding hydrogens is 554 g/mol. The fourth-order valence-electron chi connectivity index (χ4n) is 7.57. The molecule has 0 radical (unpaired) electrons. The van der Waals surface area contributed by atoms with Gasteiger partial charge in [0.1, 0.15) is 18.8 Å². The molecule has 3 unspecified atom stereocenters. The molecule has 228 valence electrons. The van der Waals surface area contributed by atoms with Gasteiger partial charge >= 0.3 is 27.3 Å². The Labute approximate surface area is 233 Å². The number of carbonyl (C=O) groups is 2. The summed E-state index contributed by atoms with van der Waals surface area (Å²) >= 11 is 0. The van der Waals surface area contributed by atoms with Crippen LogP contribution < -0.4 is 0 Å². The third-order valence-electron chi connectivity index (χ3n) is 9.17. The Morgan fingerprint density at radius 2 is 1.68 bits per heavy atom. The van der Waals surface area contributed by atoms with Crippen LogP contribution in [0.2, 0.25) is 0 Å². The normalized spacial score (nSPS) is 37.8. The van der Waals surface area contributed by atoms with Crippen molar-refractivity contribution in [3.8, 4) is 0 Å². The second-order valence-electron chi connectivity index (χ2n) is 12.6. The number of alkyl halides is 2. The average Bonchev–Trinajstić information content (AvgIpc) is 2.82. The van der Waals surface area contributed by atoms with Crippen LogP contribution in [-0.2, 0) is 38.7 Å². The van der Waals surface area contributed by atoms with Gasteiger partial charge in [-0.2, -0.15) is 17.2 Å². The van der Waals surface area contributed by atoms with Crippen molar-refractivity contribution in [2.45, 2.75) is 100 Å². The van der Waals surface area contributed by atoms with Crippen molar-refractivity contribution in [2.24, 2.45) is 23.7 Å². The molecule has 0 aromatic carbocycles. The van der Waals surface area contributed by atoms with E-state index < -0.39 is 63.4 Å². The topological polar surface area (TPSA) is 146 Å². The number of carbonyl (C=O) groups excluding carboxylic acids is 2. The Balaban J connectivity index is 1.29. The van der Waals surface area contributed by atoms with Gasteiger partial charge < -0.3 is 24.1 Å². The largest absolute Gasteiger partial charge is 0.465 e. The summed E-state index contributed by atoms with van der Waals surface area (Å²) in [6.45, 7) is 3.99. The van der Waals surface area contributed by atoms with Crippen LogP contribution >= 0.6 is 0 Å². The predicted molar refractivity (Wildman–Crippen MR) is 137 cm³/mol. The van der Waals surface area contributed by atoms with E-state index in [9.17, 15) is 31.9 Å². The minimum Gasteiger partial charge on any atom is -0.458 e. The maximum atomic E-state index is 13.4. The van der Waals surface area contributed by atoms with E-state index in [1.807, 2.05) is 0 Å². The summed E-state index contributed by atoms with van der Waals surface area (Å²) in [6.07, 6.45) is 9.13. The zero-order valence-corrected chi connectivity index (χ0v) is 24.0. The fourth-order valence-corrected chi connectivity index (χ4v) is 7.84. The van der Waals surface area contributed by atoms with Crippen LogP contribution in [0.1, 0.15) is 72.1 Å². The minimum absolute atomic E-state index is 0.105. The molecule has 0 aliphatic heterocycles. The van der Waals surface area contributed by atoms with E-state index in [0.717, 1.165) is 37.5 Å². The smallest absolute Gasteiger partial charge is 0.458 e. The molecular formula is C27H40F2O10S. The van der Waals surface area contributed by atoms with Crippen molar-refractivity contribution in [3.05, 3.63) is 12.2 Å². The Morgan fingerprint density at radius 1 is 1.07 bits per heavy atom. The van der Waals surface area contributed by atoms with Crippen molar-refractivity contribution in [2.75, 3.05) is 19.8 Å². The first-order valence-electron chi connectivity index (χ1n) is 13.8. The first-order valence-corrected chi connectivity index (χ1v) is 15.3. The second kappa shape index (κ2) is 11.2. The number of halogens is 2. The van der Waals surface area contributed by atoms with Crippen molar-refractivity contribution in [3.63, 3.8) is 0 Å². The number of ether oxygens (including phenoxy) is 4. The van der Waals surface area contributed by atoms with Gasteiger partial charge in [-0.05, 0) is 83.0 Å². The molecule has 2 N–H and O–H groups in total. The molecule has 4 saturated carbocycles. The highest BCUT2D eigenvalue weighted by Gasteiger charge is 2.57. The number of hydrogen-bond acceptors (Lipinski definition) is 9. The van der Waals surface area contributed by atoms with Gasteiger partial charge in [0.05, 0.1) is 23.9 Å². The van der Waals surface area contributed by atoms with Gasteiger partial charge in [-0.25, -0.2) is 9.59 Å². The highest BCUT2D eigenvalue weighted by atomic mass is 32.2. The van der Waals surface area contributed by atoms with Crippen LogP contribution in [0, 0.1) is 23.7 Å². The van der Waals surface area contributed by atoms with Crippen molar-refractivity contribution < 1.29 is 55.4 Å². The molecule has 0 saturated heterocycles. The lowest BCUT2D eigenvalue weighted by Crippen LogP contribution is -2.58. The summed E-state index contributed by atoms with van der Waals surface area (Å²) in [4.78, 5) is 24.3. The highest BCUT2D eigenvalue weighted by molar-refractivity contribution is 7.87. The summed E-state index contributed by atoms with van der Waals surface area (Å²) in [5, 5.41) is 5.53. The van der Waals surface area contributed by atoms with E-state index in [1.54, 1.807) is 26.0 Å². The Kier molecular flexibility index (Phi) is 8.75. The van der Waals surface area contributed by atoms with Gasteiger partial charge in [-0.3, -0.25) is 4.55 Å². The van der Waals surface area contributed by atoms with E-state index in [1.165, 1.54) is 6.42 Å². The Morgan fingerprint density at radius 3 is 2.23 bits per heavy atom. The predicted octanol–water partition coefficient (Wildman–Crippen LogP) is 3.42. The molecule has 4 fully saturated rings. The van der Waals surface area contributed by atoms with E-state index in [-0.39, 0.29) is 19.4 Å². The van der Waals surface area contributed by atoms with E-state index in [0.29, 0.717) is 18.3 Å². The van der Waals surface area contributed by atoms with E-state index >= 15 is 0 Å². The van der Waals surface area contributed by atoms with Crippen molar-refractivity contribution in [1.82, 2.24) is 0 Å². The summed E-state index contributed by atoms with van der Waals surface area (Å²) in [5.41, 5.74) is -2.77. The second-order valence-corrected chi connectivity index (χ2v) is 14.1. The molecule has 13 heteroatoms. The van der Waals surface area contributed by atoms with Crippen LogP contribution in [0.25, 0.3) is 0 Å². The highest BCUT2D eigenvalue weighted by Crippen LogP contribution is 2.59. The lowest BCUT2D eigenvalue weighted by atomic mass is 9.50. The number of esters is 2. The number of aliphatic hydroxyl groups is 1. The zero-order valence-electron chi connectivity index (χ0n) is 23.1. The molecule has 0 heterocycles.